The van der Waals surface area contributed by atoms with Crippen LogP contribution in [0, 0.1) is 11.8 Å². The lowest BCUT2D eigenvalue weighted by molar-refractivity contribution is 0.110. The van der Waals surface area contributed by atoms with Crippen LogP contribution < -0.4 is 4.74 Å². The summed E-state index contributed by atoms with van der Waals surface area (Å²) in [6.07, 6.45) is 7.80. The van der Waals surface area contributed by atoms with Crippen LogP contribution in [0.5, 0.6) is 5.75 Å². The van der Waals surface area contributed by atoms with Gasteiger partial charge in [0.15, 0.2) is 0 Å². The fourth-order valence-electron chi connectivity index (χ4n) is 2.83. The highest BCUT2D eigenvalue weighted by Gasteiger charge is 1.96. The molecule has 0 amide bonds. The lowest BCUT2D eigenvalue weighted by Gasteiger charge is -2.05. The quantitative estimate of drug-likeness (QED) is 0.359. The average molecular weight is 365 g/mol. The number of benzene rings is 2. The molecule has 0 fully saturated rings. The molecule has 0 atom stereocenters. The first-order valence-corrected chi connectivity index (χ1v) is 10.2. The Morgan fingerprint density at radius 2 is 1.33 bits per heavy atom. The van der Waals surface area contributed by atoms with E-state index in [4.69, 9.17) is 9.47 Å². The van der Waals surface area contributed by atoms with Crippen LogP contribution in [0.25, 0.3) is 0 Å². The van der Waals surface area contributed by atoms with Crippen LogP contribution >= 0.6 is 0 Å². The lowest BCUT2D eigenvalue weighted by atomic mass is 10.0. The van der Waals surface area contributed by atoms with E-state index in [1.165, 1.54) is 44.1 Å². The summed E-state index contributed by atoms with van der Waals surface area (Å²) >= 11 is 0. The molecule has 0 aliphatic heterocycles. The Morgan fingerprint density at radius 3 is 1.96 bits per heavy atom. The molecule has 2 rings (SSSR count). The molecule has 0 aromatic heterocycles. The Balaban J connectivity index is 1.79. The average Bonchev–Trinajstić information content (AvgIpc) is 2.71. The van der Waals surface area contributed by atoms with Crippen LogP contribution in [0.15, 0.2) is 48.5 Å². The van der Waals surface area contributed by atoms with Crippen molar-refractivity contribution in [3.63, 3.8) is 0 Å². The maximum Gasteiger partial charge on any atom is 0.119 e. The summed E-state index contributed by atoms with van der Waals surface area (Å²) in [5.74, 6) is 7.31. The molecule has 0 saturated heterocycles. The minimum absolute atomic E-state index is 0.573. The molecule has 2 aromatic carbocycles. The molecule has 0 radical (unpaired) electrons. The van der Waals surface area contributed by atoms with Crippen molar-refractivity contribution in [3.8, 4) is 17.6 Å². The van der Waals surface area contributed by atoms with Gasteiger partial charge in [-0.3, -0.25) is 0 Å². The molecule has 2 aromatic rings. The van der Waals surface area contributed by atoms with E-state index in [0.717, 1.165) is 23.5 Å². The molecule has 2 nitrogen and oxygen atoms in total. The van der Waals surface area contributed by atoms with Crippen molar-refractivity contribution >= 4 is 0 Å². The highest BCUT2D eigenvalue weighted by Crippen LogP contribution is 2.12. The predicted molar refractivity (Wildman–Crippen MR) is 113 cm³/mol. The van der Waals surface area contributed by atoms with E-state index in [1.807, 2.05) is 31.2 Å². The predicted octanol–water partition coefficient (Wildman–Crippen LogP) is 6.01. The molecule has 0 spiro atoms. The Hall–Kier alpha value is -2.24. The topological polar surface area (TPSA) is 18.5 Å². The number of rotatable bonds is 11. The van der Waals surface area contributed by atoms with Gasteiger partial charge in [-0.25, -0.2) is 0 Å². The number of ether oxygens (including phenoxy) is 2. The molecular formula is C25H32O2. The van der Waals surface area contributed by atoms with Crippen molar-refractivity contribution in [1.29, 1.82) is 0 Å². The zero-order valence-electron chi connectivity index (χ0n) is 16.8. The molecule has 2 heteroatoms. The normalized spacial score (nSPS) is 10.3. The first-order chi connectivity index (χ1) is 13.3. The van der Waals surface area contributed by atoms with Gasteiger partial charge in [0.1, 0.15) is 12.4 Å². The highest BCUT2D eigenvalue weighted by atomic mass is 16.5. The van der Waals surface area contributed by atoms with Crippen molar-refractivity contribution in [2.75, 3.05) is 19.8 Å². The van der Waals surface area contributed by atoms with E-state index in [9.17, 15) is 0 Å². The van der Waals surface area contributed by atoms with Crippen LogP contribution in [-0.2, 0) is 11.2 Å². The molecule has 27 heavy (non-hydrogen) atoms. The third-order valence-electron chi connectivity index (χ3n) is 4.43. The van der Waals surface area contributed by atoms with E-state index in [2.05, 4.69) is 43.0 Å². The Labute approximate surface area is 164 Å². The first-order valence-electron chi connectivity index (χ1n) is 10.2. The molecule has 0 aliphatic carbocycles. The van der Waals surface area contributed by atoms with Crippen molar-refractivity contribution in [1.82, 2.24) is 0 Å². The largest absolute Gasteiger partial charge is 0.491 e. The van der Waals surface area contributed by atoms with Gasteiger partial charge in [0, 0.05) is 17.7 Å². The maximum absolute atomic E-state index is 5.62. The number of unbranched alkanes of at least 4 members (excludes halogenated alkanes) is 4. The lowest BCUT2D eigenvalue weighted by Crippen LogP contribution is -2.06. The second-order valence-electron chi connectivity index (χ2n) is 6.68. The second kappa shape index (κ2) is 13.0. The smallest absolute Gasteiger partial charge is 0.119 e. The van der Waals surface area contributed by atoms with Gasteiger partial charge in [0.05, 0.1) is 6.61 Å². The molecule has 144 valence electrons. The number of hydrogen-bond donors (Lipinski definition) is 0. The summed E-state index contributed by atoms with van der Waals surface area (Å²) in [7, 11) is 0. The Bertz CT molecular complexity index is 690. The number of hydrogen-bond acceptors (Lipinski definition) is 2. The van der Waals surface area contributed by atoms with E-state index in [0.29, 0.717) is 13.2 Å². The Morgan fingerprint density at radius 1 is 0.704 bits per heavy atom. The minimum Gasteiger partial charge on any atom is -0.491 e. The first kappa shape index (κ1) is 21.1. The van der Waals surface area contributed by atoms with Crippen molar-refractivity contribution < 1.29 is 9.47 Å². The van der Waals surface area contributed by atoms with E-state index in [1.54, 1.807) is 0 Å². The highest BCUT2D eigenvalue weighted by molar-refractivity contribution is 5.44. The van der Waals surface area contributed by atoms with E-state index >= 15 is 0 Å². The van der Waals surface area contributed by atoms with Crippen molar-refractivity contribution in [3.05, 3.63) is 65.2 Å². The van der Waals surface area contributed by atoms with Crippen molar-refractivity contribution in [2.24, 2.45) is 0 Å². The van der Waals surface area contributed by atoms with Gasteiger partial charge in [-0.1, -0.05) is 56.6 Å². The molecule has 0 saturated carbocycles. The summed E-state index contributed by atoms with van der Waals surface area (Å²) in [5, 5.41) is 0. The molecule has 0 unspecified atom stereocenters. The summed E-state index contributed by atoms with van der Waals surface area (Å²) in [5.41, 5.74) is 3.46. The van der Waals surface area contributed by atoms with Crippen molar-refractivity contribution in [2.45, 2.75) is 52.4 Å². The zero-order chi connectivity index (χ0) is 19.2. The maximum atomic E-state index is 5.62. The Kier molecular flexibility index (Phi) is 10.1. The summed E-state index contributed by atoms with van der Waals surface area (Å²) in [6.45, 7) is 6.15. The van der Waals surface area contributed by atoms with E-state index < -0.39 is 0 Å². The number of aryl methyl sites for hydroxylation is 1. The van der Waals surface area contributed by atoms with Gasteiger partial charge in [-0.05, 0) is 61.7 Å². The van der Waals surface area contributed by atoms with Crippen LogP contribution in [0.1, 0.15) is 62.6 Å². The van der Waals surface area contributed by atoms with Gasteiger partial charge in [-0.15, -0.1) is 0 Å². The third-order valence-corrected chi connectivity index (χ3v) is 4.43. The summed E-state index contributed by atoms with van der Waals surface area (Å²) < 4.78 is 10.9. The van der Waals surface area contributed by atoms with Crippen LogP contribution in [0.2, 0.25) is 0 Å². The summed E-state index contributed by atoms with van der Waals surface area (Å²) in [6, 6.07) is 16.6. The second-order valence-corrected chi connectivity index (χ2v) is 6.68. The SMILES string of the molecule is CCCCCCCc1ccc(C#Cc2ccc(OCCOCC)cc2)cc1. The summed E-state index contributed by atoms with van der Waals surface area (Å²) in [4.78, 5) is 0. The van der Waals surface area contributed by atoms with Gasteiger partial charge in [0.25, 0.3) is 0 Å². The van der Waals surface area contributed by atoms with Gasteiger partial charge >= 0.3 is 0 Å². The molecule has 0 N–H and O–H groups in total. The molecular weight excluding hydrogens is 332 g/mol. The fourth-order valence-corrected chi connectivity index (χ4v) is 2.83. The van der Waals surface area contributed by atoms with Crippen LogP contribution in [0.3, 0.4) is 0 Å². The monoisotopic (exact) mass is 364 g/mol. The van der Waals surface area contributed by atoms with E-state index in [-0.39, 0.29) is 0 Å². The molecule has 0 heterocycles. The zero-order valence-corrected chi connectivity index (χ0v) is 16.8. The minimum atomic E-state index is 0.573. The third kappa shape index (κ3) is 8.80. The van der Waals surface area contributed by atoms with Gasteiger partial charge in [0.2, 0.25) is 0 Å². The van der Waals surface area contributed by atoms with Crippen LogP contribution in [0.4, 0.5) is 0 Å². The standard InChI is InChI=1S/C25H32O2/c1-3-5-6-7-8-9-22-10-12-23(13-11-22)14-15-24-16-18-25(19-17-24)27-21-20-26-4-2/h10-13,16-19H,3-9,20-21H2,1-2H3. The van der Waals surface area contributed by atoms with Gasteiger partial charge < -0.3 is 9.47 Å². The van der Waals surface area contributed by atoms with Gasteiger partial charge in [-0.2, -0.15) is 0 Å². The molecule has 0 bridgehead atoms. The fraction of sp³-hybridized carbons (Fsp3) is 0.440. The molecule has 0 aliphatic rings. The van der Waals surface area contributed by atoms with Crippen LogP contribution in [-0.4, -0.2) is 19.8 Å².